The van der Waals surface area contributed by atoms with Crippen molar-refractivity contribution >= 4 is 23.2 Å². The number of carbonyl (C=O) groups is 2. The molecule has 0 unspecified atom stereocenters. The summed E-state index contributed by atoms with van der Waals surface area (Å²) in [4.78, 5) is 30.7. The van der Waals surface area contributed by atoms with Crippen LogP contribution in [0.25, 0.3) is 0 Å². The first-order valence-electron chi connectivity index (χ1n) is 9.03. The minimum atomic E-state index is -0.257. The topological polar surface area (TPSA) is 71.5 Å². The van der Waals surface area contributed by atoms with Crippen LogP contribution in [0.4, 0.5) is 11.4 Å². The standard InChI is InChI=1S/C22H19N3O3/c26-21(15-28-19-6-2-1-3-7-19)24-18-9-8-16-10-12-25(20(16)13-18)22(27)17-5-4-11-23-14-17/h1-9,11,13-14H,10,12,15H2,(H,24,26). The van der Waals surface area contributed by atoms with Gasteiger partial charge in [0.25, 0.3) is 11.8 Å². The number of aromatic nitrogens is 1. The first-order valence-corrected chi connectivity index (χ1v) is 9.03. The molecule has 2 heterocycles. The van der Waals surface area contributed by atoms with Crippen LogP contribution in [0.3, 0.4) is 0 Å². The Morgan fingerprint density at radius 1 is 1.07 bits per heavy atom. The van der Waals surface area contributed by atoms with Crippen LogP contribution in [0, 0.1) is 0 Å². The van der Waals surface area contributed by atoms with Gasteiger partial charge in [-0.2, -0.15) is 0 Å². The number of hydrogen-bond acceptors (Lipinski definition) is 4. The molecule has 1 N–H and O–H groups in total. The second kappa shape index (κ2) is 7.92. The van der Waals surface area contributed by atoms with Gasteiger partial charge in [-0.05, 0) is 48.4 Å². The summed E-state index contributed by atoms with van der Waals surface area (Å²) < 4.78 is 5.47. The molecule has 28 heavy (non-hydrogen) atoms. The van der Waals surface area contributed by atoms with E-state index >= 15 is 0 Å². The predicted molar refractivity (Wildman–Crippen MR) is 107 cm³/mol. The molecule has 6 heteroatoms. The number of rotatable bonds is 5. The molecule has 0 bridgehead atoms. The Bertz CT molecular complexity index is 990. The van der Waals surface area contributed by atoms with E-state index in [0.29, 0.717) is 23.5 Å². The molecule has 2 aromatic carbocycles. The van der Waals surface area contributed by atoms with E-state index < -0.39 is 0 Å². The van der Waals surface area contributed by atoms with Crippen molar-refractivity contribution in [2.45, 2.75) is 6.42 Å². The number of pyridine rings is 1. The highest BCUT2D eigenvalue weighted by molar-refractivity contribution is 6.07. The highest BCUT2D eigenvalue weighted by atomic mass is 16.5. The molecular weight excluding hydrogens is 354 g/mol. The van der Waals surface area contributed by atoms with Crippen LogP contribution in [-0.4, -0.2) is 29.9 Å². The summed E-state index contributed by atoms with van der Waals surface area (Å²) >= 11 is 0. The Balaban J connectivity index is 1.44. The van der Waals surface area contributed by atoms with E-state index in [-0.39, 0.29) is 18.4 Å². The van der Waals surface area contributed by atoms with Gasteiger partial charge < -0.3 is 15.0 Å². The summed E-state index contributed by atoms with van der Waals surface area (Å²) in [6, 6.07) is 18.3. The number of carbonyl (C=O) groups excluding carboxylic acids is 2. The van der Waals surface area contributed by atoms with Crippen LogP contribution in [-0.2, 0) is 11.2 Å². The van der Waals surface area contributed by atoms with Crippen LogP contribution in [0.1, 0.15) is 15.9 Å². The fraction of sp³-hybridized carbons (Fsp3) is 0.136. The fourth-order valence-corrected chi connectivity index (χ4v) is 3.18. The third kappa shape index (κ3) is 3.86. The average Bonchev–Trinajstić information content (AvgIpc) is 3.16. The van der Waals surface area contributed by atoms with Gasteiger partial charge >= 0.3 is 0 Å². The third-order valence-electron chi connectivity index (χ3n) is 4.53. The number of nitrogens with one attached hydrogen (secondary N) is 1. The van der Waals surface area contributed by atoms with E-state index in [2.05, 4.69) is 10.3 Å². The monoisotopic (exact) mass is 373 g/mol. The van der Waals surface area contributed by atoms with Crippen molar-refractivity contribution in [3.63, 3.8) is 0 Å². The Hall–Kier alpha value is -3.67. The van der Waals surface area contributed by atoms with Gasteiger partial charge in [-0.3, -0.25) is 14.6 Å². The molecule has 0 aliphatic carbocycles. The lowest BCUT2D eigenvalue weighted by atomic mass is 10.1. The Morgan fingerprint density at radius 3 is 2.71 bits per heavy atom. The maximum absolute atomic E-state index is 12.8. The predicted octanol–water partition coefficient (Wildman–Crippen LogP) is 3.30. The Morgan fingerprint density at radius 2 is 1.93 bits per heavy atom. The molecule has 1 aliphatic rings. The largest absolute Gasteiger partial charge is 0.484 e. The van der Waals surface area contributed by atoms with Crippen LogP contribution >= 0.6 is 0 Å². The molecular formula is C22H19N3O3. The summed E-state index contributed by atoms with van der Waals surface area (Å²) in [5.41, 5.74) is 3.07. The summed E-state index contributed by atoms with van der Waals surface area (Å²) in [6.45, 7) is 0.525. The zero-order valence-electron chi connectivity index (χ0n) is 15.2. The summed E-state index contributed by atoms with van der Waals surface area (Å²) in [6.07, 6.45) is 3.99. The number of anilines is 2. The quantitative estimate of drug-likeness (QED) is 0.745. The van der Waals surface area contributed by atoms with Gasteiger partial charge in [0, 0.05) is 30.3 Å². The van der Waals surface area contributed by atoms with Gasteiger partial charge in [0.2, 0.25) is 0 Å². The number of fused-ring (bicyclic) bond motifs is 1. The normalized spacial score (nSPS) is 12.4. The molecule has 0 radical (unpaired) electrons. The Kier molecular flexibility index (Phi) is 5.01. The first kappa shape index (κ1) is 17.7. The summed E-state index contributed by atoms with van der Waals surface area (Å²) in [5, 5.41) is 2.83. The molecule has 0 atom stereocenters. The number of nitrogens with zero attached hydrogens (tertiary/aromatic N) is 2. The Labute approximate surface area is 162 Å². The maximum Gasteiger partial charge on any atom is 0.262 e. The molecule has 3 aromatic rings. The number of benzene rings is 2. The van der Waals surface area contributed by atoms with Crippen LogP contribution in [0.2, 0.25) is 0 Å². The number of amides is 2. The van der Waals surface area contributed by atoms with Gasteiger partial charge in [0.1, 0.15) is 5.75 Å². The summed E-state index contributed by atoms with van der Waals surface area (Å²) in [7, 11) is 0. The highest BCUT2D eigenvalue weighted by Crippen LogP contribution is 2.32. The maximum atomic E-state index is 12.8. The lowest BCUT2D eigenvalue weighted by Crippen LogP contribution is -2.29. The average molecular weight is 373 g/mol. The smallest absolute Gasteiger partial charge is 0.262 e. The minimum Gasteiger partial charge on any atom is -0.484 e. The van der Waals surface area contributed by atoms with Crippen molar-refractivity contribution < 1.29 is 14.3 Å². The number of ether oxygens (including phenoxy) is 1. The van der Waals surface area contributed by atoms with E-state index in [4.69, 9.17) is 4.74 Å². The molecule has 6 nitrogen and oxygen atoms in total. The number of hydrogen-bond donors (Lipinski definition) is 1. The van der Waals surface area contributed by atoms with Gasteiger partial charge in [0.15, 0.2) is 6.61 Å². The third-order valence-corrected chi connectivity index (χ3v) is 4.53. The second-order valence-electron chi connectivity index (χ2n) is 6.44. The van der Waals surface area contributed by atoms with Gasteiger partial charge in [-0.1, -0.05) is 24.3 Å². The van der Waals surface area contributed by atoms with Crippen molar-refractivity contribution in [1.82, 2.24) is 4.98 Å². The second-order valence-corrected chi connectivity index (χ2v) is 6.44. The van der Waals surface area contributed by atoms with Crippen LogP contribution in [0.5, 0.6) is 5.75 Å². The van der Waals surface area contributed by atoms with E-state index in [1.807, 2.05) is 36.4 Å². The molecule has 2 amide bonds. The van der Waals surface area contributed by atoms with E-state index in [9.17, 15) is 9.59 Å². The fourth-order valence-electron chi connectivity index (χ4n) is 3.18. The van der Waals surface area contributed by atoms with Crippen molar-refractivity contribution in [3.05, 3.63) is 84.2 Å². The minimum absolute atomic E-state index is 0.0839. The molecule has 0 saturated heterocycles. The first-order chi connectivity index (χ1) is 13.7. The molecule has 1 aliphatic heterocycles. The summed E-state index contributed by atoms with van der Waals surface area (Å²) in [5.74, 6) is 0.287. The number of para-hydroxylation sites is 1. The molecule has 0 saturated carbocycles. The molecule has 140 valence electrons. The molecule has 0 fully saturated rings. The highest BCUT2D eigenvalue weighted by Gasteiger charge is 2.26. The van der Waals surface area contributed by atoms with E-state index in [1.54, 1.807) is 41.6 Å². The van der Waals surface area contributed by atoms with E-state index in [1.165, 1.54) is 0 Å². The molecule has 0 spiro atoms. The molecule has 4 rings (SSSR count). The van der Waals surface area contributed by atoms with Gasteiger partial charge in [0.05, 0.1) is 5.56 Å². The van der Waals surface area contributed by atoms with E-state index in [0.717, 1.165) is 17.7 Å². The SMILES string of the molecule is O=C(COc1ccccc1)Nc1ccc2c(c1)N(C(=O)c1cccnc1)CC2. The lowest BCUT2D eigenvalue weighted by molar-refractivity contribution is -0.118. The molecule has 1 aromatic heterocycles. The zero-order chi connectivity index (χ0) is 19.3. The van der Waals surface area contributed by atoms with Crippen molar-refractivity contribution in [2.75, 3.05) is 23.4 Å². The zero-order valence-corrected chi connectivity index (χ0v) is 15.2. The van der Waals surface area contributed by atoms with Gasteiger partial charge in [-0.15, -0.1) is 0 Å². The van der Waals surface area contributed by atoms with Crippen molar-refractivity contribution in [1.29, 1.82) is 0 Å². The van der Waals surface area contributed by atoms with Crippen LogP contribution in [0.15, 0.2) is 73.1 Å². The van der Waals surface area contributed by atoms with Crippen molar-refractivity contribution in [3.8, 4) is 5.75 Å². The van der Waals surface area contributed by atoms with Gasteiger partial charge in [-0.25, -0.2) is 0 Å². The van der Waals surface area contributed by atoms with Crippen molar-refractivity contribution in [2.24, 2.45) is 0 Å². The lowest BCUT2D eigenvalue weighted by Gasteiger charge is -2.18. The van der Waals surface area contributed by atoms with Crippen LogP contribution < -0.4 is 15.0 Å².